The zero-order chi connectivity index (χ0) is 21.6. The van der Waals surface area contributed by atoms with Crippen LogP contribution in [0.25, 0.3) is 11.0 Å². The van der Waals surface area contributed by atoms with Crippen LogP contribution in [0.4, 0.5) is 13.2 Å². The van der Waals surface area contributed by atoms with Gasteiger partial charge in [0.25, 0.3) is 0 Å². The number of sulfonamides is 1. The molecule has 3 aromatic rings. The fourth-order valence-electron chi connectivity index (χ4n) is 3.01. The zero-order valence-electron chi connectivity index (χ0n) is 15.3. The van der Waals surface area contributed by atoms with E-state index in [1.165, 1.54) is 30.3 Å². The first-order valence-corrected chi connectivity index (χ1v) is 10.7. The maximum atomic E-state index is 13.1. The highest BCUT2D eigenvalue weighted by Crippen LogP contribution is 2.37. The number of nitrogens with one attached hydrogen (secondary N) is 1. The number of hydrogen-bond donors (Lipinski definition) is 1. The Hall–Kier alpha value is -1.81. The molecule has 1 heterocycles. The Morgan fingerprint density at radius 3 is 2.34 bits per heavy atom. The zero-order valence-corrected chi connectivity index (χ0v) is 17.6. The van der Waals surface area contributed by atoms with Gasteiger partial charge in [0.2, 0.25) is 10.0 Å². The summed E-state index contributed by atoms with van der Waals surface area (Å²) in [6.07, 6.45) is -4.62. The molecule has 0 fully saturated rings. The van der Waals surface area contributed by atoms with Crippen molar-refractivity contribution in [2.24, 2.45) is 0 Å². The Morgan fingerprint density at radius 2 is 1.79 bits per heavy atom. The molecule has 1 aromatic heterocycles. The Kier molecular flexibility index (Phi) is 5.88. The van der Waals surface area contributed by atoms with Crippen LogP contribution >= 0.6 is 23.2 Å². The molecule has 0 aliphatic carbocycles. The largest absolute Gasteiger partial charge is 0.417 e. The molecule has 29 heavy (non-hydrogen) atoms. The Balaban J connectivity index is 2.03. The van der Waals surface area contributed by atoms with Gasteiger partial charge in [0, 0.05) is 11.6 Å². The second-order valence-electron chi connectivity index (χ2n) is 6.33. The van der Waals surface area contributed by atoms with Crippen LogP contribution in [0.3, 0.4) is 0 Å². The van der Waals surface area contributed by atoms with Crippen molar-refractivity contribution in [3.05, 3.63) is 57.8 Å². The summed E-state index contributed by atoms with van der Waals surface area (Å²) in [6.45, 7) is 3.70. The number of imidazole rings is 1. The van der Waals surface area contributed by atoms with E-state index in [2.05, 4.69) is 9.71 Å². The molecule has 1 unspecified atom stereocenters. The highest BCUT2D eigenvalue weighted by Gasteiger charge is 2.34. The Bertz CT molecular complexity index is 1160. The molecular weight excluding hydrogens is 450 g/mol. The van der Waals surface area contributed by atoms with E-state index in [1.54, 1.807) is 18.4 Å². The summed E-state index contributed by atoms with van der Waals surface area (Å²) < 4.78 is 68.8. The molecule has 1 N–H and O–H groups in total. The van der Waals surface area contributed by atoms with E-state index in [-0.39, 0.29) is 16.2 Å². The summed E-state index contributed by atoms with van der Waals surface area (Å²) in [5.74, 6) is 0.274. The lowest BCUT2D eigenvalue weighted by Crippen LogP contribution is -2.28. The third-order valence-corrected chi connectivity index (χ3v) is 6.45. The standard InChI is InChI=1S/C18H16Cl2F3N3O2S/c1-3-26-16-9-14(20)13(18(21,22)23)8-15(16)24-17(26)10(2)25-29(27,28)12-6-4-11(19)5-7-12/h4-10,25H,3H2,1-2H3. The number of benzene rings is 2. The topological polar surface area (TPSA) is 64.0 Å². The van der Waals surface area contributed by atoms with Crippen LogP contribution in [0, 0.1) is 0 Å². The van der Waals surface area contributed by atoms with Crippen molar-refractivity contribution in [2.45, 2.75) is 37.5 Å². The van der Waals surface area contributed by atoms with Gasteiger partial charge in [0.15, 0.2) is 0 Å². The maximum absolute atomic E-state index is 13.1. The number of rotatable bonds is 5. The van der Waals surface area contributed by atoms with Crippen molar-refractivity contribution in [1.29, 1.82) is 0 Å². The number of alkyl halides is 3. The van der Waals surface area contributed by atoms with Crippen molar-refractivity contribution >= 4 is 44.3 Å². The van der Waals surface area contributed by atoms with Crippen molar-refractivity contribution < 1.29 is 21.6 Å². The molecule has 1 atom stereocenters. The molecule has 156 valence electrons. The van der Waals surface area contributed by atoms with Crippen molar-refractivity contribution in [1.82, 2.24) is 14.3 Å². The molecule has 0 saturated heterocycles. The van der Waals surface area contributed by atoms with Crippen LogP contribution in [0.2, 0.25) is 10.0 Å². The predicted molar refractivity (Wildman–Crippen MR) is 106 cm³/mol. The summed E-state index contributed by atoms with van der Waals surface area (Å²) in [5.41, 5.74) is -0.525. The highest BCUT2D eigenvalue weighted by molar-refractivity contribution is 7.89. The lowest BCUT2D eigenvalue weighted by molar-refractivity contribution is -0.137. The van der Waals surface area contributed by atoms with Gasteiger partial charge < -0.3 is 4.57 Å². The lowest BCUT2D eigenvalue weighted by Gasteiger charge is -2.16. The van der Waals surface area contributed by atoms with Gasteiger partial charge >= 0.3 is 6.18 Å². The van der Waals surface area contributed by atoms with Gasteiger partial charge in [-0.2, -0.15) is 13.2 Å². The molecule has 11 heteroatoms. The first-order valence-electron chi connectivity index (χ1n) is 8.49. The van der Waals surface area contributed by atoms with E-state index in [1.807, 2.05) is 0 Å². The van der Waals surface area contributed by atoms with Gasteiger partial charge in [-0.1, -0.05) is 23.2 Å². The Morgan fingerprint density at radius 1 is 1.17 bits per heavy atom. The molecule has 0 spiro atoms. The summed E-state index contributed by atoms with van der Waals surface area (Å²) in [7, 11) is -3.89. The quantitative estimate of drug-likeness (QED) is 0.546. The van der Waals surface area contributed by atoms with Gasteiger partial charge in [-0.3, -0.25) is 0 Å². The smallest absolute Gasteiger partial charge is 0.327 e. The van der Waals surface area contributed by atoms with Crippen LogP contribution in [0.1, 0.15) is 31.3 Å². The number of aryl methyl sites for hydroxylation is 1. The van der Waals surface area contributed by atoms with Gasteiger partial charge in [0.1, 0.15) is 5.82 Å². The van der Waals surface area contributed by atoms with Crippen molar-refractivity contribution in [2.75, 3.05) is 0 Å². The molecule has 0 aliphatic heterocycles. The number of fused-ring (bicyclic) bond motifs is 1. The van der Waals surface area contributed by atoms with E-state index in [0.29, 0.717) is 17.1 Å². The molecule has 5 nitrogen and oxygen atoms in total. The lowest BCUT2D eigenvalue weighted by atomic mass is 10.2. The van der Waals surface area contributed by atoms with Crippen LogP contribution in [0.15, 0.2) is 41.3 Å². The van der Waals surface area contributed by atoms with Gasteiger partial charge in [-0.25, -0.2) is 18.1 Å². The summed E-state index contributed by atoms with van der Waals surface area (Å²) in [4.78, 5) is 4.26. The minimum Gasteiger partial charge on any atom is -0.327 e. The van der Waals surface area contributed by atoms with Gasteiger partial charge in [-0.15, -0.1) is 0 Å². The third kappa shape index (κ3) is 4.37. The number of hydrogen-bond acceptors (Lipinski definition) is 3. The van der Waals surface area contributed by atoms with E-state index >= 15 is 0 Å². The van der Waals surface area contributed by atoms with Crippen LogP contribution in [-0.4, -0.2) is 18.0 Å². The molecule has 0 bridgehead atoms. The first-order chi connectivity index (χ1) is 13.4. The molecule has 0 saturated carbocycles. The van der Waals surface area contributed by atoms with E-state index in [4.69, 9.17) is 23.2 Å². The van der Waals surface area contributed by atoms with Crippen molar-refractivity contribution in [3.8, 4) is 0 Å². The molecular formula is C18H16Cl2F3N3O2S. The Labute approximate surface area is 175 Å². The molecule has 0 aliphatic rings. The summed E-state index contributed by atoms with van der Waals surface area (Å²) in [5, 5.41) is -0.0531. The summed E-state index contributed by atoms with van der Waals surface area (Å²) in [6, 6.07) is 6.86. The van der Waals surface area contributed by atoms with Crippen LogP contribution in [0.5, 0.6) is 0 Å². The van der Waals surface area contributed by atoms with Crippen molar-refractivity contribution in [3.63, 3.8) is 0 Å². The second kappa shape index (κ2) is 7.79. The molecule has 0 amide bonds. The number of nitrogens with zero attached hydrogens (tertiary/aromatic N) is 2. The average molecular weight is 466 g/mol. The minimum atomic E-state index is -4.62. The molecule has 3 rings (SSSR count). The predicted octanol–water partition coefficient (Wildman–Crippen LogP) is 5.42. The maximum Gasteiger partial charge on any atom is 0.417 e. The second-order valence-corrected chi connectivity index (χ2v) is 8.89. The molecule has 2 aromatic carbocycles. The van der Waals surface area contributed by atoms with E-state index in [9.17, 15) is 21.6 Å². The van der Waals surface area contributed by atoms with Gasteiger partial charge in [-0.05, 0) is 50.2 Å². The van der Waals surface area contributed by atoms with E-state index in [0.717, 1.165) is 6.07 Å². The van der Waals surface area contributed by atoms with Crippen LogP contribution < -0.4 is 4.72 Å². The first kappa shape index (κ1) is 21.9. The third-order valence-electron chi connectivity index (χ3n) is 4.33. The normalized spacial score (nSPS) is 13.8. The number of halogens is 5. The van der Waals surface area contributed by atoms with Crippen LogP contribution in [-0.2, 0) is 22.7 Å². The summed E-state index contributed by atoms with van der Waals surface area (Å²) >= 11 is 11.6. The van der Waals surface area contributed by atoms with E-state index < -0.39 is 32.8 Å². The SMILES string of the molecule is CCn1c(C(C)NS(=O)(=O)c2ccc(Cl)cc2)nc2cc(C(F)(F)F)c(Cl)cc21. The fourth-order valence-corrected chi connectivity index (χ4v) is 4.60. The monoisotopic (exact) mass is 465 g/mol. The van der Waals surface area contributed by atoms with Gasteiger partial charge in [0.05, 0.1) is 32.6 Å². The fraction of sp³-hybridized carbons (Fsp3) is 0.278. The average Bonchev–Trinajstić information content (AvgIpc) is 2.97. The molecule has 0 radical (unpaired) electrons. The minimum absolute atomic E-state index is 0.00955. The number of aromatic nitrogens is 2. The highest BCUT2D eigenvalue weighted by atomic mass is 35.5.